The van der Waals surface area contributed by atoms with Gasteiger partial charge in [0.1, 0.15) is 11.4 Å². The summed E-state index contributed by atoms with van der Waals surface area (Å²) in [6.45, 7) is 5.19. The minimum absolute atomic E-state index is 0.0172. The topological polar surface area (TPSA) is 93.5 Å². The Bertz CT molecular complexity index is 868. The van der Waals surface area contributed by atoms with Gasteiger partial charge in [-0.3, -0.25) is 9.48 Å². The van der Waals surface area contributed by atoms with E-state index in [4.69, 9.17) is 4.74 Å². The number of carbonyl (C=O) groups is 1. The van der Waals surface area contributed by atoms with Crippen LogP contribution in [0.3, 0.4) is 0 Å². The Morgan fingerprint density at radius 1 is 1.35 bits per heavy atom. The fourth-order valence-electron chi connectivity index (χ4n) is 2.91. The molecule has 0 atom stereocenters. The first-order valence-corrected chi connectivity index (χ1v) is 10.6. The molecule has 2 aromatic rings. The predicted octanol–water partition coefficient (Wildman–Crippen LogP) is 0.899. The molecular formula is C16H22N4O4S2. The van der Waals surface area contributed by atoms with Crippen LogP contribution in [0.5, 0.6) is 0 Å². The van der Waals surface area contributed by atoms with Crippen LogP contribution in [0.25, 0.3) is 0 Å². The molecule has 0 bridgehead atoms. The number of nitrogens with zero attached hydrogens (tertiary/aromatic N) is 3. The van der Waals surface area contributed by atoms with Crippen molar-refractivity contribution >= 4 is 27.3 Å². The van der Waals surface area contributed by atoms with E-state index in [0.29, 0.717) is 44.2 Å². The van der Waals surface area contributed by atoms with Gasteiger partial charge < -0.3 is 10.1 Å². The number of hydrogen-bond donors (Lipinski definition) is 1. The van der Waals surface area contributed by atoms with Crippen molar-refractivity contribution in [1.82, 2.24) is 19.4 Å². The van der Waals surface area contributed by atoms with Gasteiger partial charge in [0.2, 0.25) is 15.9 Å². The molecule has 2 aromatic heterocycles. The van der Waals surface area contributed by atoms with E-state index in [2.05, 4.69) is 10.4 Å². The lowest BCUT2D eigenvalue weighted by Crippen LogP contribution is -2.41. The highest BCUT2D eigenvalue weighted by Crippen LogP contribution is 2.24. The van der Waals surface area contributed by atoms with Crippen LogP contribution in [-0.2, 0) is 32.6 Å². The minimum atomic E-state index is -3.65. The lowest BCUT2D eigenvalue weighted by atomic mass is 10.4. The predicted molar refractivity (Wildman–Crippen MR) is 97.4 cm³/mol. The molecule has 26 heavy (non-hydrogen) atoms. The molecule has 0 saturated carbocycles. The molecule has 0 unspecified atom stereocenters. The first-order chi connectivity index (χ1) is 12.4. The second-order valence-corrected chi connectivity index (χ2v) is 8.94. The Labute approximate surface area is 156 Å². The molecule has 8 nitrogen and oxygen atoms in total. The molecule has 0 aliphatic carbocycles. The number of sulfonamides is 1. The van der Waals surface area contributed by atoms with Gasteiger partial charge in [-0.15, -0.1) is 11.3 Å². The Kier molecular flexibility index (Phi) is 5.76. The average molecular weight is 399 g/mol. The Balaban J connectivity index is 1.74. The normalized spacial score (nSPS) is 15.9. The fraction of sp³-hybridized carbons (Fsp3) is 0.500. The van der Waals surface area contributed by atoms with E-state index in [1.807, 2.05) is 17.5 Å². The summed E-state index contributed by atoms with van der Waals surface area (Å²) in [6, 6.07) is 3.87. The van der Waals surface area contributed by atoms with Gasteiger partial charge in [-0.2, -0.15) is 9.40 Å². The van der Waals surface area contributed by atoms with Crippen molar-refractivity contribution in [3.05, 3.63) is 33.8 Å². The molecule has 1 fully saturated rings. The van der Waals surface area contributed by atoms with Gasteiger partial charge in [0.25, 0.3) is 0 Å². The summed E-state index contributed by atoms with van der Waals surface area (Å²) < 4.78 is 33.9. The third-order valence-electron chi connectivity index (χ3n) is 4.22. The molecule has 1 aliphatic heterocycles. The molecule has 3 rings (SSSR count). The van der Waals surface area contributed by atoms with Gasteiger partial charge in [0.15, 0.2) is 0 Å². The van der Waals surface area contributed by atoms with Crippen molar-refractivity contribution in [2.24, 2.45) is 0 Å². The van der Waals surface area contributed by atoms with Crippen molar-refractivity contribution in [3.8, 4) is 0 Å². The number of carbonyl (C=O) groups excluding carboxylic acids is 1. The van der Waals surface area contributed by atoms with Crippen molar-refractivity contribution < 1.29 is 17.9 Å². The van der Waals surface area contributed by atoms with Gasteiger partial charge >= 0.3 is 0 Å². The number of thiophene rings is 1. The Morgan fingerprint density at radius 3 is 2.73 bits per heavy atom. The summed E-state index contributed by atoms with van der Waals surface area (Å²) in [4.78, 5) is 13.4. The molecular weight excluding hydrogens is 376 g/mol. The zero-order valence-corrected chi connectivity index (χ0v) is 16.4. The van der Waals surface area contributed by atoms with Crippen molar-refractivity contribution in [1.29, 1.82) is 0 Å². The van der Waals surface area contributed by atoms with Crippen molar-refractivity contribution in [2.75, 3.05) is 26.3 Å². The monoisotopic (exact) mass is 398 g/mol. The number of aromatic nitrogens is 2. The zero-order valence-electron chi connectivity index (χ0n) is 14.8. The van der Waals surface area contributed by atoms with Crippen LogP contribution < -0.4 is 5.32 Å². The summed E-state index contributed by atoms with van der Waals surface area (Å²) in [5.74, 6) is -0.209. The molecule has 1 saturated heterocycles. The molecule has 3 heterocycles. The second kappa shape index (κ2) is 7.87. The van der Waals surface area contributed by atoms with Crippen LogP contribution in [0.2, 0.25) is 0 Å². The maximum absolute atomic E-state index is 12.9. The van der Waals surface area contributed by atoms with E-state index in [9.17, 15) is 13.2 Å². The second-order valence-electron chi connectivity index (χ2n) is 6.03. The van der Waals surface area contributed by atoms with E-state index in [0.717, 1.165) is 4.88 Å². The summed E-state index contributed by atoms with van der Waals surface area (Å²) in [6.07, 6.45) is 0. The lowest BCUT2D eigenvalue weighted by molar-refractivity contribution is -0.122. The van der Waals surface area contributed by atoms with Gasteiger partial charge in [-0.05, 0) is 25.3 Å². The highest BCUT2D eigenvalue weighted by molar-refractivity contribution is 7.89. The number of morpholine rings is 1. The smallest absolute Gasteiger partial charge is 0.246 e. The number of amides is 1. The van der Waals surface area contributed by atoms with Crippen LogP contribution in [0.1, 0.15) is 16.3 Å². The van der Waals surface area contributed by atoms with Crippen LogP contribution in [0.15, 0.2) is 22.4 Å². The summed E-state index contributed by atoms with van der Waals surface area (Å²) in [5.41, 5.74) is 0.875. The third kappa shape index (κ3) is 3.98. The Morgan fingerprint density at radius 2 is 2.08 bits per heavy atom. The average Bonchev–Trinajstić information content (AvgIpc) is 3.22. The number of hydrogen-bond acceptors (Lipinski definition) is 6. The van der Waals surface area contributed by atoms with Crippen molar-refractivity contribution in [3.63, 3.8) is 0 Å². The summed E-state index contributed by atoms with van der Waals surface area (Å²) in [7, 11) is -3.65. The number of rotatable bonds is 6. The summed E-state index contributed by atoms with van der Waals surface area (Å²) in [5, 5.41) is 9.05. The van der Waals surface area contributed by atoms with Crippen LogP contribution in [-0.4, -0.2) is 54.7 Å². The van der Waals surface area contributed by atoms with E-state index in [1.165, 1.54) is 8.99 Å². The maximum Gasteiger partial charge on any atom is 0.246 e. The van der Waals surface area contributed by atoms with Crippen molar-refractivity contribution in [2.45, 2.75) is 31.8 Å². The lowest BCUT2D eigenvalue weighted by Gasteiger charge is -2.26. The SMILES string of the molecule is Cc1nn(CC(=O)NCc2cccs2)c(C)c1S(=O)(=O)N1CCOCC1. The van der Waals surface area contributed by atoms with Gasteiger partial charge in [-0.1, -0.05) is 6.07 Å². The van der Waals surface area contributed by atoms with Gasteiger partial charge in [0.05, 0.1) is 31.1 Å². The molecule has 1 N–H and O–H groups in total. The van der Waals surface area contributed by atoms with E-state index in [-0.39, 0.29) is 17.3 Å². The Hall–Kier alpha value is -1.75. The minimum Gasteiger partial charge on any atom is -0.379 e. The van der Waals surface area contributed by atoms with E-state index < -0.39 is 10.0 Å². The van der Waals surface area contributed by atoms with Crippen LogP contribution in [0, 0.1) is 13.8 Å². The number of nitrogens with one attached hydrogen (secondary N) is 1. The first-order valence-electron chi connectivity index (χ1n) is 8.30. The zero-order chi connectivity index (χ0) is 18.7. The highest BCUT2D eigenvalue weighted by Gasteiger charge is 2.32. The van der Waals surface area contributed by atoms with Gasteiger partial charge in [-0.25, -0.2) is 8.42 Å². The molecule has 1 aliphatic rings. The molecule has 142 valence electrons. The van der Waals surface area contributed by atoms with Gasteiger partial charge in [0, 0.05) is 18.0 Å². The largest absolute Gasteiger partial charge is 0.379 e. The van der Waals surface area contributed by atoms with Crippen LogP contribution in [0.4, 0.5) is 0 Å². The number of ether oxygens (including phenoxy) is 1. The molecule has 10 heteroatoms. The molecule has 0 radical (unpaired) electrons. The first kappa shape index (κ1) is 19.0. The molecule has 0 spiro atoms. The highest BCUT2D eigenvalue weighted by atomic mass is 32.2. The molecule has 0 aromatic carbocycles. The van der Waals surface area contributed by atoms with E-state index in [1.54, 1.807) is 25.2 Å². The van der Waals surface area contributed by atoms with Crippen LogP contribution >= 0.6 is 11.3 Å². The quantitative estimate of drug-likeness (QED) is 0.780. The number of aryl methyl sites for hydroxylation is 1. The summed E-state index contributed by atoms with van der Waals surface area (Å²) >= 11 is 1.57. The third-order valence-corrected chi connectivity index (χ3v) is 7.24. The van der Waals surface area contributed by atoms with E-state index >= 15 is 0 Å². The fourth-order valence-corrected chi connectivity index (χ4v) is 5.34. The standard InChI is InChI=1S/C16H22N4O4S2/c1-12-16(26(22,23)19-5-7-24-8-6-19)13(2)20(18-12)11-15(21)17-10-14-4-3-9-25-14/h3-4,9H,5-8,10-11H2,1-2H3,(H,17,21). The molecule has 1 amide bonds. The maximum atomic E-state index is 12.9.